The summed E-state index contributed by atoms with van der Waals surface area (Å²) in [6.07, 6.45) is 8.16. The van der Waals surface area contributed by atoms with Crippen molar-refractivity contribution in [3.8, 4) is 0 Å². The first-order chi connectivity index (χ1) is 12.6. The average Bonchev–Trinajstić information content (AvgIpc) is 3.09. The van der Waals surface area contributed by atoms with E-state index in [4.69, 9.17) is 5.73 Å². The number of imidazole rings is 1. The van der Waals surface area contributed by atoms with Crippen LogP contribution in [0, 0.1) is 0 Å². The fourth-order valence-electron chi connectivity index (χ4n) is 3.17. The third-order valence-electron chi connectivity index (χ3n) is 4.51. The Labute approximate surface area is 153 Å². The Morgan fingerprint density at radius 3 is 2.88 bits per heavy atom. The van der Waals surface area contributed by atoms with E-state index in [1.54, 1.807) is 0 Å². The minimum atomic E-state index is -0.304. The van der Waals surface area contributed by atoms with Gasteiger partial charge in [0.15, 0.2) is 5.82 Å². The van der Waals surface area contributed by atoms with E-state index in [-0.39, 0.29) is 11.7 Å². The first kappa shape index (κ1) is 17.9. The largest absolute Gasteiger partial charge is 0.384 e. The molecule has 1 aliphatic carbocycles. The molecule has 1 aromatic heterocycles. The first-order valence-corrected chi connectivity index (χ1v) is 8.86. The van der Waals surface area contributed by atoms with E-state index in [1.165, 1.54) is 18.2 Å². The van der Waals surface area contributed by atoms with Crippen LogP contribution >= 0.6 is 0 Å². The predicted octanol–water partition coefficient (Wildman–Crippen LogP) is 3.43. The molecule has 26 heavy (non-hydrogen) atoms. The van der Waals surface area contributed by atoms with Crippen LogP contribution in [-0.2, 0) is 0 Å². The highest BCUT2D eigenvalue weighted by molar-refractivity contribution is 6.03. The monoisotopic (exact) mass is 351 g/mol. The molecule has 5 N–H and O–H groups in total. The fourth-order valence-corrected chi connectivity index (χ4v) is 3.17. The lowest BCUT2D eigenvalue weighted by Gasteiger charge is -2.19. The lowest BCUT2D eigenvalue weighted by molar-refractivity contribution is 0.101. The lowest BCUT2D eigenvalue weighted by Crippen LogP contribution is -2.15. The SMILES string of the molecule is C=C(CNC)c1ccc(NC(=O)c2ncc(N)[nH]2)c(C2=CCCCC2)c1. The smallest absolute Gasteiger partial charge is 0.291 e. The number of likely N-dealkylation sites (N-methyl/N-ethyl adjacent to an activating group) is 1. The van der Waals surface area contributed by atoms with Crippen LogP contribution in [-0.4, -0.2) is 29.5 Å². The highest BCUT2D eigenvalue weighted by atomic mass is 16.2. The predicted molar refractivity (Wildman–Crippen MR) is 107 cm³/mol. The Bertz CT molecular complexity index is 850. The molecule has 6 nitrogen and oxygen atoms in total. The maximum atomic E-state index is 12.5. The molecule has 0 spiro atoms. The van der Waals surface area contributed by atoms with E-state index in [2.05, 4.69) is 39.3 Å². The number of anilines is 2. The molecule has 1 amide bonds. The maximum Gasteiger partial charge on any atom is 0.291 e. The van der Waals surface area contributed by atoms with E-state index < -0.39 is 0 Å². The Morgan fingerprint density at radius 2 is 2.23 bits per heavy atom. The number of rotatable bonds is 6. The molecule has 0 saturated heterocycles. The Balaban J connectivity index is 1.93. The quantitative estimate of drug-likeness (QED) is 0.641. The molecule has 0 bridgehead atoms. The molecule has 0 atom stereocenters. The van der Waals surface area contributed by atoms with Gasteiger partial charge in [0, 0.05) is 17.8 Å². The summed E-state index contributed by atoms with van der Waals surface area (Å²) in [4.78, 5) is 19.2. The Kier molecular flexibility index (Phi) is 5.53. The van der Waals surface area contributed by atoms with Crippen LogP contribution in [0.4, 0.5) is 11.5 Å². The van der Waals surface area contributed by atoms with Crippen molar-refractivity contribution in [2.75, 3.05) is 24.6 Å². The van der Waals surface area contributed by atoms with Gasteiger partial charge in [0.1, 0.15) is 5.82 Å². The van der Waals surface area contributed by atoms with Crippen LogP contribution in [0.1, 0.15) is 47.4 Å². The molecule has 0 saturated carbocycles. The molecule has 0 aliphatic heterocycles. The number of allylic oxidation sites excluding steroid dienone is 2. The molecular weight excluding hydrogens is 326 g/mol. The number of hydrogen-bond acceptors (Lipinski definition) is 4. The number of nitrogens with zero attached hydrogens (tertiary/aromatic N) is 1. The molecule has 2 aromatic rings. The number of nitrogens with one attached hydrogen (secondary N) is 3. The second kappa shape index (κ2) is 8.01. The Morgan fingerprint density at radius 1 is 1.38 bits per heavy atom. The molecule has 0 fully saturated rings. The van der Waals surface area contributed by atoms with Crippen LogP contribution in [0.25, 0.3) is 11.1 Å². The van der Waals surface area contributed by atoms with Crippen molar-refractivity contribution in [2.45, 2.75) is 25.7 Å². The first-order valence-electron chi connectivity index (χ1n) is 8.86. The summed E-state index contributed by atoms with van der Waals surface area (Å²) in [6, 6.07) is 6.03. The normalized spacial score (nSPS) is 14.0. The van der Waals surface area contributed by atoms with Crippen molar-refractivity contribution in [2.24, 2.45) is 0 Å². The Hall–Kier alpha value is -2.86. The number of carbonyl (C=O) groups is 1. The van der Waals surface area contributed by atoms with Crippen molar-refractivity contribution >= 4 is 28.6 Å². The molecule has 6 heteroatoms. The molecule has 0 unspecified atom stereocenters. The topological polar surface area (TPSA) is 95.8 Å². The van der Waals surface area contributed by atoms with Crippen LogP contribution in [0.15, 0.2) is 37.1 Å². The van der Waals surface area contributed by atoms with Gasteiger partial charge >= 0.3 is 0 Å². The molecule has 1 aromatic carbocycles. The zero-order valence-corrected chi connectivity index (χ0v) is 15.1. The van der Waals surface area contributed by atoms with Gasteiger partial charge in [-0.1, -0.05) is 18.7 Å². The van der Waals surface area contributed by atoms with Crippen molar-refractivity contribution in [1.82, 2.24) is 15.3 Å². The minimum Gasteiger partial charge on any atom is -0.384 e. The second-order valence-electron chi connectivity index (χ2n) is 6.51. The van der Waals surface area contributed by atoms with E-state index in [9.17, 15) is 4.79 Å². The van der Waals surface area contributed by atoms with Gasteiger partial charge < -0.3 is 21.4 Å². The molecule has 0 radical (unpaired) electrons. The molecule has 1 aliphatic rings. The molecule has 3 rings (SSSR count). The summed E-state index contributed by atoms with van der Waals surface area (Å²) >= 11 is 0. The summed E-state index contributed by atoms with van der Waals surface area (Å²) in [5.41, 5.74) is 10.8. The van der Waals surface area contributed by atoms with Crippen molar-refractivity contribution in [3.05, 3.63) is 54.0 Å². The van der Waals surface area contributed by atoms with Crippen LogP contribution in [0.3, 0.4) is 0 Å². The summed E-state index contributed by atoms with van der Waals surface area (Å²) in [5.74, 6) is 0.264. The number of carbonyl (C=O) groups excluding carboxylic acids is 1. The number of hydrogen-bond donors (Lipinski definition) is 4. The standard InChI is InChI=1S/C20H25N5O/c1-13(11-22-2)15-8-9-17(16(10-15)14-6-4-3-5-7-14)24-20(26)19-23-12-18(21)25-19/h6,8-10,12,22H,1,3-5,7,11,21H2,2H3,(H,23,25)(H,24,26). The number of H-pyrrole nitrogens is 1. The highest BCUT2D eigenvalue weighted by Gasteiger charge is 2.16. The van der Waals surface area contributed by atoms with Crippen LogP contribution in [0.5, 0.6) is 0 Å². The number of aromatic nitrogens is 2. The molecule has 136 valence electrons. The van der Waals surface area contributed by atoms with Crippen molar-refractivity contribution in [3.63, 3.8) is 0 Å². The third kappa shape index (κ3) is 4.03. The fraction of sp³-hybridized carbons (Fsp3) is 0.300. The van der Waals surface area contributed by atoms with Gasteiger partial charge in [0.25, 0.3) is 5.91 Å². The average molecular weight is 351 g/mol. The third-order valence-corrected chi connectivity index (χ3v) is 4.51. The zero-order valence-electron chi connectivity index (χ0n) is 15.1. The second-order valence-corrected chi connectivity index (χ2v) is 6.51. The van der Waals surface area contributed by atoms with Gasteiger partial charge in [0.05, 0.1) is 6.20 Å². The molecule has 1 heterocycles. The van der Waals surface area contributed by atoms with Crippen molar-refractivity contribution < 1.29 is 4.79 Å². The number of nitrogens with two attached hydrogens (primary N) is 1. The van der Waals surface area contributed by atoms with Crippen LogP contribution < -0.4 is 16.4 Å². The van der Waals surface area contributed by atoms with Gasteiger partial charge in [-0.3, -0.25) is 4.79 Å². The van der Waals surface area contributed by atoms with E-state index in [0.717, 1.165) is 48.2 Å². The van der Waals surface area contributed by atoms with Crippen LogP contribution in [0.2, 0.25) is 0 Å². The summed E-state index contributed by atoms with van der Waals surface area (Å²) in [7, 11) is 1.90. The maximum absolute atomic E-state index is 12.5. The highest BCUT2D eigenvalue weighted by Crippen LogP contribution is 2.33. The summed E-state index contributed by atoms with van der Waals surface area (Å²) in [5, 5.41) is 6.09. The van der Waals surface area contributed by atoms with Crippen molar-refractivity contribution in [1.29, 1.82) is 0 Å². The van der Waals surface area contributed by atoms with E-state index in [1.807, 2.05) is 19.2 Å². The van der Waals surface area contributed by atoms with Gasteiger partial charge in [-0.2, -0.15) is 0 Å². The van der Waals surface area contributed by atoms with Gasteiger partial charge in [-0.25, -0.2) is 4.98 Å². The lowest BCUT2D eigenvalue weighted by atomic mass is 9.90. The van der Waals surface area contributed by atoms with Gasteiger partial charge in [-0.15, -0.1) is 0 Å². The van der Waals surface area contributed by atoms with Gasteiger partial charge in [0.2, 0.25) is 0 Å². The number of amides is 1. The zero-order chi connectivity index (χ0) is 18.5. The van der Waals surface area contributed by atoms with Gasteiger partial charge in [-0.05, 0) is 61.6 Å². The number of nitrogen functional groups attached to an aromatic ring is 1. The number of benzene rings is 1. The summed E-state index contributed by atoms with van der Waals surface area (Å²) < 4.78 is 0. The number of aromatic amines is 1. The minimum absolute atomic E-state index is 0.203. The van der Waals surface area contributed by atoms with E-state index in [0.29, 0.717) is 5.82 Å². The summed E-state index contributed by atoms with van der Waals surface area (Å²) in [6.45, 7) is 4.86. The molecular formula is C20H25N5O. The van der Waals surface area contributed by atoms with E-state index >= 15 is 0 Å².